The smallest absolute Gasteiger partial charge is 0.284 e. The summed E-state index contributed by atoms with van der Waals surface area (Å²) in [6.45, 7) is 6.08. The minimum atomic E-state index is -2.76. The number of carbonyl (C=O) groups excluding carboxylic acids is 1. The number of halogens is 2. The number of amides is 1. The lowest BCUT2D eigenvalue weighted by atomic mass is 9.93. The third kappa shape index (κ3) is 3.88. The first-order valence-corrected chi connectivity index (χ1v) is 9.44. The Balaban J connectivity index is 0.000000706. The number of hydrogen-bond acceptors (Lipinski definition) is 4. The maximum Gasteiger partial charge on any atom is 0.284 e. The molecule has 150 valence electrons. The van der Waals surface area contributed by atoms with Gasteiger partial charge in [0.15, 0.2) is 11.3 Å². The van der Waals surface area contributed by atoms with Gasteiger partial charge in [-0.3, -0.25) is 9.48 Å². The number of carbonyl (C=O) groups is 1. The quantitative estimate of drug-likeness (QED) is 0.708. The van der Waals surface area contributed by atoms with Gasteiger partial charge in [0, 0.05) is 18.1 Å². The Bertz CT molecular complexity index is 961. The van der Waals surface area contributed by atoms with Crippen LogP contribution in [0.2, 0.25) is 0 Å². The van der Waals surface area contributed by atoms with Crippen molar-refractivity contribution in [2.45, 2.75) is 58.9 Å². The summed E-state index contributed by atoms with van der Waals surface area (Å²) in [6.07, 6.45) is 5.80. The molecule has 1 aliphatic carbocycles. The number of aromatic nitrogens is 5. The summed E-state index contributed by atoms with van der Waals surface area (Å²) in [5.74, 6) is -0.539. The first-order valence-electron chi connectivity index (χ1n) is 9.44. The Morgan fingerprint density at radius 3 is 2.68 bits per heavy atom. The van der Waals surface area contributed by atoms with Crippen molar-refractivity contribution in [3.05, 3.63) is 41.6 Å². The van der Waals surface area contributed by atoms with Crippen molar-refractivity contribution in [3.8, 4) is 0 Å². The van der Waals surface area contributed by atoms with Crippen LogP contribution in [0.4, 0.5) is 14.5 Å². The van der Waals surface area contributed by atoms with Crippen molar-refractivity contribution in [2.24, 2.45) is 0 Å². The van der Waals surface area contributed by atoms with Crippen molar-refractivity contribution < 1.29 is 13.6 Å². The van der Waals surface area contributed by atoms with Crippen LogP contribution < -0.4 is 5.32 Å². The molecule has 1 N–H and O–H groups in total. The van der Waals surface area contributed by atoms with Crippen LogP contribution >= 0.6 is 0 Å². The van der Waals surface area contributed by atoms with Crippen LogP contribution in [-0.2, 0) is 0 Å². The molecule has 1 fully saturated rings. The molecule has 0 aromatic carbocycles. The Kier molecular flexibility index (Phi) is 6.01. The van der Waals surface area contributed by atoms with E-state index in [0.29, 0.717) is 5.65 Å². The average Bonchev–Trinajstić information content (AvgIpc) is 3.19. The number of nitrogens with one attached hydrogen (secondary N) is 1. The highest BCUT2D eigenvalue weighted by atomic mass is 19.3. The first kappa shape index (κ1) is 19.9. The van der Waals surface area contributed by atoms with E-state index in [1.54, 1.807) is 12.3 Å². The molecule has 0 aliphatic heterocycles. The molecule has 1 aliphatic rings. The molecule has 7 nitrogen and oxygen atoms in total. The summed E-state index contributed by atoms with van der Waals surface area (Å²) in [6, 6.07) is 1.89. The summed E-state index contributed by atoms with van der Waals surface area (Å²) in [5.41, 5.74) is 1.03. The highest BCUT2D eigenvalue weighted by Crippen LogP contribution is 2.34. The van der Waals surface area contributed by atoms with Gasteiger partial charge in [0.1, 0.15) is 5.56 Å². The van der Waals surface area contributed by atoms with Gasteiger partial charge >= 0.3 is 0 Å². The fraction of sp³-hybridized carbons (Fsp3) is 0.474. The summed E-state index contributed by atoms with van der Waals surface area (Å²) < 4.78 is 29.6. The van der Waals surface area contributed by atoms with Crippen molar-refractivity contribution >= 4 is 17.2 Å². The maximum atomic E-state index is 13.3. The summed E-state index contributed by atoms with van der Waals surface area (Å²) >= 11 is 0. The fourth-order valence-electron chi connectivity index (χ4n) is 2.86. The zero-order valence-corrected chi connectivity index (χ0v) is 16.2. The van der Waals surface area contributed by atoms with E-state index in [1.165, 1.54) is 28.0 Å². The van der Waals surface area contributed by atoms with E-state index in [9.17, 15) is 13.6 Å². The van der Waals surface area contributed by atoms with Crippen LogP contribution in [0.25, 0.3) is 5.65 Å². The largest absolute Gasteiger partial charge is 0.319 e. The molecule has 4 rings (SSSR count). The molecule has 9 heteroatoms. The first-order chi connectivity index (χ1) is 13.5. The van der Waals surface area contributed by atoms with Crippen LogP contribution in [0, 0.1) is 6.92 Å². The van der Waals surface area contributed by atoms with Crippen molar-refractivity contribution in [1.29, 1.82) is 0 Å². The van der Waals surface area contributed by atoms with E-state index in [2.05, 4.69) is 34.3 Å². The van der Waals surface area contributed by atoms with Gasteiger partial charge in [0.05, 0.1) is 17.9 Å². The Labute approximate surface area is 161 Å². The predicted molar refractivity (Wildman–Crippen MR) is 102 cm³/mol. The molecule has 0 unspecified atom stereocenters. The molecule has 1 saturated carbocycles. The molecule has 0 saturated heterocycles. The topological polar surface area (TPSA) is 77.1 Å². The van der Waals surface area contributed by atoms with Gasteiger partial charge in [0.2, 0.25) is 0 Å². The molecule has 3 aromatic heterocycles. The fourth-order valence-corrected chi connectivity index (χ4v) is 2.86. The second-order valence-corrected chi connectivity index (χ2v) is 6.83. The van der Waals surface area contributed by atoms with E-state index in [1.807, 2.05) is 6.92 Å². The number of aryl methyl sites for hydroxylation is 1. The molecule has 0 radical (unpaired) electrons. The molecule has 1 amide bonds. The number of alkyl halides is 2. The van der Waals surface area contributed by atoms with Crippen LogP contribution in [0.3, 0.4) is 0 Å². The lowest BCUT2D eigenvalue weighted by Gasteiger charge is -2.25. The summed E-state index contributed by atoms with van der Waals surface area (Å²) in [7, 11) is 0. The van der Waals surface area contributed by atoms with Gasteiger partial charge in [-0.25, -0.2) is 18.3 Å². The van der Waals surface area contributed by atoms with Crippen LogP contribution in [0.15, 0.2) is 24.7 Å². The number of fused-ring (bicyclic) bond motifs is 1. The van der Waals surface area contributed by atoms with E-state index in [0.717, 1.165) is 25.0 Å². The predicted octanol–water partition coefficient (Wildman–Crippen LogP) is 4.57. The standard InChI is InChI=1S/C16H16F2N6O.C3H8/c1-9-5-6-19-15-11(7-20-24(9)15)16(25)21-12-8-23(10-3-2-4-10)22-13(12)14(17)18;1-3-2/h5-8,10,14H,2-4H2,1H3,(H,21,25);3H2,1-2H3. The summed E-state index contributed by atoms with van der Waals surface area (Å²) in [5, 5.41) is 10.6. The number of hydrogen-bond donors (Lipinski definition) is 1. The van der Waals surface area contributed by atoms with Crippen molar-refractivity contribution in [2.75, 3.05) is 5.32 Å². The van der Waals surface area contributed by atoms with E-state index in [4.69, 9.17) is 0 Å². The zero-order chi connectivity index (χ0) is 20.3. The summed E-state index contributed by atoms with van der Waals surface area (Å²) in [4.78, 5) is 16.7. The molecule has 3 aromatic rings. The second kappa shape index (κ2) is 8.45. The van der Waals surface area contributed by atoms with Gasteiger partial charge in [-0.2, -0.15) is 10.2 Å². The Morgan fingerprint density at radius 2 is 2.07 bits per heavy atom. The van der Waals surface area contributed by atoms with E-state index >= 15 is 0 Å². The number of rotatable bonds is 4. The van der Waals surface area contributed by atoms with Crippen molar-refractivity contribution in [3.63, 3.8) is 0 Å². The van der Waals surface area contributed by atoms with Gasteiger partial charge in [-0.15, -0.1) is 0 Å². The highest BCUT2D eigenvalue weighted by Gasteiger charge is 2.26. The molecular weight excluding hydrogens is 366 g/mol. The molecule has 3 heterocycles. The van der Waals surface area contributed by atoms with Gasteiger partial charge in [0.25, 0.3) is 12.3 Å². The minimum Gasteiger partial charge on any atom is -0.319 e. The lowest BCUT2D eigenvalue weighted by molar-refractivity contribution is 0.102. The zero-order valence-electron chi connectivity index (χ0n) is 16.2. The van der Waals surface area contributed by atoms with E-state index in [-0.39, 0.29) is 17.3 Å². The second-order valence-electron chi connectivity index (χ2n) is 6.83. The monoisotopic (exact) mass is 390 g/mol. The average molecular weight is 390 g/mol. The van der Waals surface area contributed by atoms with Crippen LogP contribution in [0.1, 0.15) is 73.7 Å². The van der Waals surface area contributed by atoms with Crippen LogP contribution in [-0.4, -0.2) is 30.3 Å². The molecular formula is C19H24F2N6O. The third-order valence-electron chi connectivity index (χ3n) is 4.50. The normalized spacial score (nSPS) is 13.9. The Hall–Kier alpha value is -2.84. The molecule has 28 heavy (non-hydrogen) atoms. The number of anilines is 1. The minimum absolute atomic E-state index is 0.0268. The van der Waals surface area contributed by atoms with Crippen LogP contribution in [0.5, 0.6) is 0 Å². The van der Waals surface area contributed by atoms with E-state index < -0.39 is 18.0 Å². The lowest BCUT2D eigenvalue weighted by Crippen LogP contribution is -2.17. The maximum absolute atomic E-state index is 13.3. The van der Waals surface area contributed by atoms with Gasteiger partial charge in [-0.05, 0) is 32.3 Å². The Morgan fingerprint density at radius 1 is 1.36 bits per heavy atom. The van der Waals surface area contributed by atoms with Gasteiger partial charge in [-0.1, -0.05) is 20.3 Å². The molecule has 0 atom stereocenters. The third-order valence-corrected chi connectivity index (χ3v) is 4.50. The van der Waals surface area contributed by atoms with Crippen molar-refractivity contribution in [1.82, 2.24) is 24.4 Å². The molecule has 0 spiro atoms. The SMILES string of the molecule is CCC.Cc1ccnc2c(C(=O)Nc3cn(C4CCC4)nc3C(F)F)cnn12. The highest BCUT2D eigenvalue weighted by molar-refractivity contribution is 6.08. The molecule has 0 bridgehead atoms. The van der Waals surface area contributed by atoms with Gasteiger partial charge < -0.3 is 5.32 Å². The number of nitrogens with zero attached hydrogens (tertiary/aromatic N) is 5.